The van der Waals surface area contributed by atoms with Crippen LogP contribution in [0.25, 0.3) is 0 Å². The highest BCUT2D eigenvalue weighted by atomic mass is 15.2. The van der Waals surface area contributed by atoms with Crippen LogP contribution in [-0.4, -0.2) is 19.1 Å². The first-order valence-corrected chi connectivity index (χ1v) is 7.78. The van der Waals surface area contributed by atoms with Crippen molar-refractivity contribution in [3.63, 3.8) is 0 Å². The maximum absolute atomic E-state index is 3.72. The minimum atomic E-state index is 0.592. The summed E-state index contributed by atoms with van der Waals surface area (Å²) < 4.78 is 0. The van der Waals surface area contributed by atoms with E-state index in [0.717, 1.165) is 13.1 Å². The molecule has 1 unspecified atom stereocenters. The van der Waals surface area contributed by atoms with Crippen molar-refractivity contribution in [3.8, 4) is 0 Å². The average molecular weight is 260 g/mol. The van der Waals surface area contributed by atoms with E-state index in [1.54, 1.807) is 0 Å². The molecule has 2 nitrogen and oxygen atoms in total. The van der Waals surface area contributed by atoms with Gasteiger partial charge in [-0.25, -0.2) is 0 Å². The van der Waals surface area contributed by atoms with Gasteiger partial charge in [-0.05, 0) is 24.0 Å². The quantitative estimate of drug-likeness (QED) is 0.810. The highest BCUT2D eigenvalue weighted by Gasteiger charge is 2.22. The topological polar surface area (TPSA) is 15.3 Å². The average Bonchev–Trinajstić information content (AvgIpc) is 2.59. The molecule has 0 radical (unpaired) electrons. The summed E-state index contributed by atoms with van der Waals surface area (Å²) in [5, 5.41) is 3.72. The Morgan fingerprint density at radius 1 is 1.26 bits per heavy atom. The molecule has 0 saturated heterocycles. The minimum absolute atomic E-state index is 0.592. The number of fused-ring (bicyclic) bond motifs is 1. The molecule has 0 spiro atoms. The van der Waals surface area contributed by atoms with Crippen molar-refractivity contribution in [1.29, 1.82) is 0 Å². The zero-order chi connectivity index (χ0) is 13.7. The lowest BCUT2D eigenvalue weighted by molar-refractivity contribution is 0.403. The lowest BCUT2D eigenvalue weighted by Crippen LogP contribution is -2.42. The summed E-state index contributed by atoms with van der Waals surface area (Å²) in [5.41, 5.74) is 2.89. The second-order valence-electron chi connectivity index (χ2n) is 6.01. The molecule has 0 aromatic heterocycles. The smallest absolute Gasteiger partial charge is 0.0412 e. The van der Waals surface area contributed by atoms with Crippen LogP contribution in [0.15, 0.2) is 24.3 Å². The van der Waals surface area contributed by atoms with Gasteiger partial charge < -0.3 is 10.2 Å². The molecule has 1 atom stereocenters. The molecular formula is C17H28N2. The molecule has 0 amide bonds. The number of para-hydroxylation sites is 1. The Labute approximate surface area is 118 Å². The number of hydrogen-bond donors (Lipinski definition) is 1. The third-order valence-electron chi connectivity index (χ3n) is 4.14. The fraction of sp³-hybridized carbons (Fsp3) is 0.647. The van der Waals surface area contributed by atoms with Crippen LogP contribution in [0, 0.1) is 5.92 Å². The first-order valence-electron chi connectivity index (χ1n) is 7.78. The number of benzene rings is 1. The monoisotopic (exact) mass is 260 g/mol. The molecule has 106 valence electrons. The summed E-state index contributed by atoms with van der Waals surface area (Å²) in [4.78, 5) is 2.59. The van der Waals surface area contributed by atoms with Crippen LogP contribution < -0.4 is 10.2 Å². The molecule has 1 aromatic carbocycles. The summed E-state index contributed by atoms with van der Waals surface area (Å²) in [5.74, 6) is 0.683. The van der Waals surface area contributed by atoms with Crippen LogP contribution in [0.2, 0.25) is 0 Å². The normalized spacial score (nSPS) is 19.4. The molecule has 0 aliphatic carbocycles. The molecule has 1 aliphatic rings. The fourth-order valence-electron chi connectivity index (χ4n) is 2.82. The van der Waals surface area contributed by atoms with Gasteiger partial charge in [-0.3, -0.25) is 0 Å². The van der Waals surface area contributed by atoms with Gasteiger partial charge in [0.25, 0.3) is 0 Å². The Morgan fingerprint density at radius 3 is 2.79 bits per heavy atom. The van der Waals surface area contributed by atoms with E-state index in [2.05, 4.69) is 55.3 Å². The number of nitrogens with one attached hydrogen (secondary N) is 1. The van der Waals surface area contributed by atoms with Crippen molar-refractivity contribution in [2.45, 2.75) is 52.6 Å². The molecular weight excluding hydrogens is 232 g/mol. The third-order valence-corrected chi connectivity index (χ3v) is 4.14. The predicted molar refractivity (Wildman–Crippen MR) is 83.6 cm³/mol. The van der Waals surface area contributed by atoms with Crippen LogP contribution in [0.3, 0.4) is 0 Å². The molecule has 1 N–H and O–H groups in total. The number of unbranched alkanes of at least 4 members (excludes halogenated alkanes) is 2. The van der Waals surface area contributed by atoms with E-state index in [0.29, 0.717) is 12.0 Å². The number of rotatable bonds is 5. The Morgan fingerprint density at radius 2 is 2.05 bits per heavy atom. The Balaban J connectivity index is 2.14. The molecule has 0 bridgehead atoms. The van der Waals surface area contributed by atoms with E-state index in [1.165, 1.54) is 37.1 Å². The van der Waals surface area contributed by atoms with Crippen LogP contribution >= 0.6 is 0 Å². The lowest BCUT2D eigenvalue weighted by atomic mass is 10.0. The molecule has 1 heterocycles. The first kappa shape index (κ1) is 14.4. The third kappa shape index (κ3) is 3.73. The van der Waals surface area contributed by atoms with Gasteiger partial charge in [0.2, 0.25) is 0 Å². The summed E-state index contributed by atoms with van der Waals surface area (Å²) in [6.45, 7) is 10.2. The molecule has 0 saturated carbocycles. The van der Waals surface area contributed by atoms with E-state index < -0.39 is 0 Å². The van der Waals surface area contributed by atoms with E-state index in [-0.39, 0.29) is 0 Å². The number of nitrogens with zero attached hydrogens (tertiary/aromatic N) is 1. The molecule has 2 heteroatoms. The summed E-state index contributed by atoms with van der Waals surface area (Å²) >= 11 is 0. The molecule has 2 rings (SSSR count). The van der Waals surface area contributed by atoms with Crippen LogP contribution in [0.5, 0.6) is 0 Å². The van der Waals surface area contributed by atoms with E-state index in [9.17, 15) is 0 Å². The zero-order valence-electron chi connectivity index (χ0n) is 12.7. The first-order chi connectivity index (χ1) is 9.22. The standard InChI is InChI=1S/C17H28N2/c1-4-5-8-11-19-13-16(14(2)3)18-12-15-9-6-7-10-17(15)19/h6-7,9-10,14,16,18H,4-5,8,11-13H2,1-3H3. The maximum Gasteiger partial charge on any atom is 0.0412 e. The highest BCUT2D eigenvalue weighted by molar-refractivity contribution is 5.54. The molecule has 1 aliphatic heterocycles. The second kappa shape index (κ2) is 6.95. The predicted octanol–water partition coefficient (Wildman–Crippen LogP) is 3.81. The van der Waals surface area contributed by atoms with Crippen molar-refractivity contribution in [1.82, 2.24) is 5.32 Å². The minimum Gasteiger partial charge on any atom is -0.370 e. The zero-order valence-corrected chi connectivity index (χ0v) is 12.7. The summed E-state index contributed by atoms with van der Waals surface area (Å²) in [6.07, 6.45) is 3.93. The number of hydrogen-bond acceptors (Lipinski definition) is 2. The highest BCUT2D eigenvalue weighted by Crippen LogP contribution is 2.25. The second-order valence-corrected chi connectivity index (χ2v) is 6.01. The SMILES string of the molecule is CCCCCN1CC(C(C)C)NCc2ccccc21. The van der Waals surface area contributed by atoms with Crippen molar-refractivity contribution >= 4 is 5.69 Å². The largest absolute Gasteiger partial charge is 0.370 e. The van der Waals surface area contributed by atoms with Crippen LogP contribution in [-0.2, 0) is 6.54 Å². The van der Waals surface area contributed by atoms with Crippen LogP contribution in [0.1, 0.15) is 45.6 Å². The van der Waals surface area contributed by atoms with E-state index in [4.69, 9.17) is 0 Å². The fourth-order valence-corrected chi connectivity index (χ4v) is 2.82. The van der Waals surface area contributed by atoms with Gasteiger partial charge in [-0.1, -0.05) is 51.8 Å². The Kier molecular flexibility index (Phi) is 5.26. The molecule has 1 aromatic rings. The van der Waals surface area contributed by atoms with Gasteiger partial charge in [0.1, 0.15) is 0 Å². The van der Waals surface area contributed by atoms with Crippen molar-refractivity contribution < 1.29 is 0 Å². The van der Waals surface area contributed by atoms with Gasteiger partial charge in [0.15, 0.2) is 0 Å². The number of anilines is 1. The van der Waals surface area contributed by atoms with Crippen molar-refractivity contribution in [2.75, 3.05) is 18.0 Å². The Bertz CT molecular complexity index is 387. The van der Waals surface area contributed by atoms with Gasteiger partial charge in [0.05, 0.1) is 0 Å². The maximum atomic E-state index is 3.72. The van der Waals surface area contributed by atoms with Gasteiger partial charge >= 0.3 is 0 Å². The van der Waals surface area contributed by atoms with Gasteiger partial charge in [-0.15, -0.1) is 0 Å². The van der Waals surface area contributed by atoms with Crippen molar-refractivity contribution in [2.24, 2.45) is 5.92 Å². The molecule has 0 fully saturated rings. The van der Waals surface area contributed by atoms with E-state index >= 15 is 0 Å². The summed E-state index contributed by atoms with van der Waals surface area (Å²) in [7, 11) is 0. The van der Waals surface area contributed by atoms with Gasteiger partial charge in [-0.2, -0.15) is 0 Å². The lowest BCUT2D eigenvalue weighted by Gasteiger charge is -2.29. The molecule has 19 heavy (non-hydrogen) atoms. The van der Waals surface area contributed by atoms with Crippen molar-refractivity contribution in [3.05, 3.63) is 29.8 Å². The summed E-state index contributed by atoms with van der Waals surface area (Å²) in [6, 6.07) is 9.46. The van der Waals surface area contributed by atoms with Gasteiger partial charge in [0, 0.05) is 31.4 Å². The Hall–Kier alpha value is -1.02. The van der Waals surface area contributed by atoms with E-state index in [1.807, 2.05) is 0 Å². The van der Waals surface area contributed by atoms with Crippen LogP contribution in [0.4, 0.5) is 5.69 Å².